The molecule has 0 spiro atoms. The van der Waals surface area contributed by atoms with Gasteiger partial charge in [-0.1, -0.05) is 50.2 Å². The number of azo groups is 1. The summed E-state index contributed by atoms with van der Waals surface area (Å²) in [6.07, 6.45) is 2.06. The van der Waals surface area contributed by atoms with Crippen LogP contribution in [-0.2, 0) is 0 Å². The molecule has 0 saturated heterocycles. The van der Waals surface area contributed by atoms with Crippen LogP contribution in [0.2, 0.25) is 0 Å². The Morgan fingerprint density at radius 2 is 1.48 bits per heavy atom. The molecule has 154 valence electrons. The molecule has 3 aromatic carbocycles. The predicted octanol–water partition coefficient (Wildman–Crippen LogP) is 7.15. The van der Waals surface area contributed by atoms with Crippen molar-refractivity contribution in [2.24, 2.45) is 10.2 Å². The summed E-state index contributed by atoms with van der Waals surface area (Å²) in [6, 6.07) is 20.6. The first-order valence-electron chi connectivity index (χ1n) is 9.79. The van der Waals surface area contributed by atoms with Crippen molar-refractivity contribution in [3.8, 4) is 0 Å². The first kappa shape index (κ1) is 23.2. The van der Waals surface area contributed by atoms with Gasteiger partial charge in [0.2, 0.25) is 0 Å². The second kappa shape index (κ2) is 11.8. The van der Waals surface area contributed by atoms with Gasteiger partial charge in [0, 0.05) is 34.4 Å². The summed E-state index contributed by atoms with van der Waals surface area (Å²) in [5, 5.41) is 15.0. The number of fused-ring (bicyclic) bond motifs is 1. The van der Waals surface area contributed by atoms with E-state index in [1.54, 1.807) is 11.8 Å². The summed E-state index contributed by atoms with van der Waals surface area (Å²) in [4.78, 5) is 3.55. The van der Waals surface area contributed by atoms with Gasteiger partial charge in [-0.3, -0.25) is 0 Å². The molecule has 0 aromatic heterocycles. The maximum atomic E-state index is 4.57. The molecule has 0 unspecified atom stereocenters. The molecule has 0 atom stereocenters. The zero-order valence-electron chi connectivity index (χ0n) is 17.3. The van der Waals surface area contributed by atoms with E-state index in [1.807, 2.05) is 24.3 Å². The number of likely N-dealkylation sites (N-methyl/N-ethyl adjacent to an activating group) is 1. The fourth-order valence-corrected chi connectivity index (χ4v) is 3.77. The van der Waals surface area contributed by atoms with Crippen molar-refractivity contribution in [1.82, 2.24) is 4.90 Å². The second-order valence-corrected chi connectivity index (χ2v) is 7.35. The van der Waals surface area contributed by atoms with E-state index in [-0.39, 0.29) is 12.4 Å². The van der Waals surface area contributed by atoms with Crippen LogP contribution < -0.4 is 5.32 Å². The standard InChI is InChI=1S/C23H28N4S.ClH/c1-4-27(5-2)17-16-24-20-14-15-21(19-11-7-6-10-18(19)20)25-26-22-12-8-9-13-23(22)28-3;/h6-15,24H,4-5,16-17H2,1-3H3;1H. The van der Waals surface area contributed by atoms with E-state index in [2.05, 4.69) is 76.9 Å². The monoisotopic (exact) mass is 428 g/mol. The van der Waals surface area contributed by atoms with Crippen LogP contribution >= 0.6 is 24.2 Å². The molecule has 6 heteroatoms. The van der Waals surface area contributed by atoms with Gasteiger partial charge in [-0.2, -0.15) is 0 Å². The van der Waals surface area contributed by atoms with Crippen LogP contribution in [0, 0.1) is 0 Å². The number of hydrogen-bond donors (Lipinski definition) is 1. The first-order valence-corrected chi connectivity index (χ1v) is 11.0. The van der Waals surface area contributed by atoms with Crippen molar-refractivity contribution in [1.29, 1.82) is 0 Å². The fourth-order valence-electron chi connectivity index (χ4n) is 3.23. The van der Waals surface area contributed by atoms with Gasteiger partial charge in [0.05, 0.1) is 11.4 Å². The number of benzene rings is 3. The number of nitrogens with zero attached hydrogens (tertiary/aromatic N) is 3. The zero-order chi connectivity index (χ0) is 19.8. The average Bonchev–Trinajstić information content (AvgIpc) is 2.76. The maximum absolute atomic E-state index is 4.57. The Hall–Kier alpha value is -2.08. The molecule has 3 rings (SSSR count). The van der Waals surface area contributed by atoms with Crippen LogP contribution in [0.5, 0.6) is 0 Å². The third-order valence-corrected chi connectivity index (χ3v) is 5.67. The molecule has 0 amide bonds. The van der Waals surface area contributed by atoms with Gasteiger partial charge >= 0.3 is 0 Å². The number of thioether (sulfide) groups is 1. The third kappa shape index (κ3) is 5.95. The molecule has 0 radical (unpaired) electrons. The van der Waals surface area contributed by atoms with Gasteiger partial charge in [0.25, 0.3) is 0 Å². The Bertz CT molecular complexity index is 941. The largest absolute Gasteiger partial charge is 0.383 e. The molecule has 0 bridgehead atoms. The van der Waals surface area contributed by atoms with Gasteiger partial charge in [-0.15, -0.1) is 34.4 Å². The molecular formula is C23H29ClN4S. The van der Waals surface area contributed by atoms with Crippen LogP contribution in [0.25, 0.3) is 10.8 Å². The van der Waals surface area contributed by atoms with Crippen LogP contribution in [0.4, 0.5) is 17.1 Å². The Kier molecular flexibility index (Phi) is 9.45. The lowest BCUT2D eigenvalue weighted by atomic mass is 10.1. The number of rotatable bonds is 9. The highest BCUT2D eigenvalue weighted by Crippen LogP contribution is 2.34. The van der Waals surface area contributed by atoms with E-state index in [0.29, 0.717) is 0 Å². The summed E-state index contributed by atoms with van der Waals surface area (Å²) >= 11 is 1.68. The second-order valence-electron chi connectivity index (χ2n) is 6.50. The Morgan fingerprint density at radius 3 is 2.21 bits per heavy atom. The van der Waals surface area contributed by atoms with Gasteiger partial charge in [0.15, 0.2) is 0 Å². The van der Waals surface area contributed by atoms with Gasteiger partial charge in [-0.25, -0.2) is 0 Å². The minimum absolute atomic E-state index is 0. The first-order chi connectivity index (χ1) is 13.8. The van der Waals surface area contributed by atoms with E-state index in [1.165, 1.54) is 5.39 Å². The molecule has 0 aliphatic rings. The molecular weight excluding hydrogens is 400 g/mol. The van der Waals surface area contributed by atoms with Gasteiger partial charge in [-0.05, 0) is 43.6 Å². The van der Waals surface area contributed by atoms with Crippen LogP contribution in [0.1, 0.15) is 13.8 Å². The van der Waals surface area contributed by atoms with Crippen LogP contribution in [0.15, 0.2) is 75.8 Å². The SMILES string of the molecule is CCN(CC)CCNc1ccc(N=Nc2ccccc2SC)c2ccccc12.Cl. The van der Waals surface area contributed by atoms with E-state index in [0.717, 1.165) is 53.5 Å². The molecule has 4 nitrogen and oxygen atoms in total. The van der Waals surface area contributed by atoms with Crippen molar-refractivity contribution in [3.05, 3.63) is 60.7 Å². The lowest BCUT2D eigenvalue weighted by Crippen LogP contribution is -2.28. The smallest absolute Gasteiger partial charge is 0.0992 e. The molecule has 1 N–H and O–H groups in total. The topological polar surface area (TPSA) is 40.0 Å². The third-order valence-electron chi connectivity index (χ3n) is 4.89. The summed E-state index contributed by atoms with van der Waals surface area (Å²) < 4.78 is 0. The average molecular weight is 429 g/mol. The van der Waals surface area contributed by atoms with E-state index < -0.39 is 0 Å². The van der Waals surface area contributed by atoms with Crippen molar-refractivity contribution in [2.45, 2.75) is 18.7 Å². The lowest BCUT2D eigenvalue weighted by Gasteiger charge is -2.19. The fraction of sp³-hybridized carbons (Fsp3) is 0.304. The minimum Gasteiger partial charge on any atom is -0.383 e. The van der Waals surface area contributed by atoms with Gasteiger partial charge in [0.1, 0.15) is 0 Å². The van der Waals surface area contributed by atoms with Crippen molar-refractivity contribution in [3.63, 3.8) is 0 Å². The van der Waals surface area contributed by atoms with Crippen molar-refractivity contribution >= 4 is 52.0 Å². The number of anilines is 1. The van der Waals surface area contributed by atoms with E-state index in [4.69, 9.17) is 0 Å². The molecule has 0 heterocycles. The highest BCUT2D eigenvalue weighted by atomic mass is 35.5. The Balaban J connectivity index is 0.00000300. The van der Waals surface area contributed by atoms with E-state index in [9.17, 15) is 0 Å². The predicted molar refractivity (Wildman–Crippen MR) is 130 cm³/mol. The summed E-state index contributed by atoms with van der Waals surface area (Å²) in [7, 11) is 0. The maximum Gasteiger partial charge on any atom is 0.0992 e. The van der Waals surface area contributed by atoms with E-state index >= 15 is 0 Å². The summed E-state index contributed by atoms with van der Waals surface area (Å²) in [5.41, 5.74) is 2.94. The summed E-state index contributed by atoms with van der Waals surface area (Å²) in [5.74, 6) is 0. The lowest BCUT2D eigenvalue weighted by molar-refractivity contribution is 0.316. The summed E-state index contributed by atoms with van der Waals surface area (Å²) in [6.45, 7) is 8.52. The van der Waals surface area contributed by atoms with Crippen molar-refractivity contribution < 1.29 is 0 Å². The molecule has 3 aromatic rings. The van der Waals surface area contributed by atoms with Crippen LogP contribution in [-0.4, -0.2) is 37.3 Å². The Morgan fingerprint density at radius 1 is 0.828 bits per heavy atom. The quantitative estimate of drug-likeness (QED) is 0.290. The van der Waals surface area contributed by atoms with Crippen LogP contribution in [0.3, 0.4) is 0 Å². The zero-order valence-corrected chi connectivity index (χ0v) is 18.9. The molecule has 29 heavy (non-hydrogen) atoms. The molecule has 0 aliphatic heterocycles. The molecule has 0 aliphatic carbocycles. The highest BCUT2D eigenvalue weighted by molar-refractivity contribution is 7.98. The minimum atomic E-state index is 0. The molecule has 0 saturated carbocycles. The number of halogens is 1. The van der Waals surface area contributed by atoms with Crippen molar-refractivity contribution in [2.75, 3.05) is 37.8 Å². The number of hydrogen-bond acceptors (Lipinski definition) is 5. The Labute approximate surface area is 184 Å². The normalized spacial score (nSPS) is 11.2. The molecule has 0 fully saturated rings. The van der Waals surface area contributed by atoms with Gasteiger partial charge < -0.3 is 10.2 Å². The number of nitrogens with one attached hydrogen (secondary N) is 1. The highest BCUT2D eigenvalue weighted by Gasteiger charge is 2.06.